The number of nitrogens with zero attached hydrogens (tertiary/aromatic N) is 4. The highest BCUT2D eigenvalue weighted by molar-refractivity contribution is 7.15. The Morgan fingerprint density at radius 1 is 1.00 bits per heavy atom. The van der Waals surface area contributed by atoms with Crippen LogP contribution in [0.1, 0.15) is 31.9 Å². The highest BCUT2D eigenvalue weighted by Gasteiger charge is 2.15. The van der Waals surface area contributed by atoms with Gasteiger partial charge in [0.15, 0.2) is 5.82 Å². The molecule has 0 N–H and O–H groups in total. The van der Waals surface area contributed by atoms with Crippen LogP contribution < -0.4 is 15.0 Å². The molecule has 4 rings (SSSR count). The van der Waals surface area contributed by atoms with Crippen LogP contribution in [0.15, 0.2) is 53.3 Å². The van der Waals surface area contributed by atoms with E-state index in [1.807, 2.05) is 61.5 Å². The molecular weight excluding hydrogens is 380 g/mol. The molecule has 0 fully saturated rings. The van der Waals surface area contributed by atoms with Gasteiger partial charge in [-0.3, -0.25) is 4.79 Å². The molecule has 0 aliphatic rings. The van der Waals surface area contributed by atoms with Crippen LogP contribution in [0.2, 0.25) is 0 Å². The van der Waals surface area contributed by atoms with Gasteiger partial charge in [-0.25, -0.2) is 0 Å². The Kier molecular flexibility index (Phi) is 4.74. The van der Waals surface area contributed by atoms with Crippen LogP contribution in [0.25, 0.3) is 22.4 Å². The number of fused-ring (bicyclic) bond motifs is 1. The highest BCUT2D eigenvalue weighted by atomic mass is 32.1. The fraction of sp³-hybridized carbons (Fsp3) is 0.261. The molecule has 0 saturated carbocycles. The van der Waals surface area contributed by atoms with Crippen LogP contribution in [-0.4, -0.2) is 28.7 Å². The molecule has 2 aromatic carbocycles. The van der Waals surface area contributed by atoms with E-state index < -0.39 is 0 Å². The lowest BCUT2D eigenvalue weighted by Crippen LogP contribution is -2.23. The zero-order valence-electron chi connectivity index (χ0n) is 17.3. The van der Waals surface area contributed by atoms with Crippen molar-refractivity contribution in [2.24, 2.45) is 0 Å². The maximum Gasteiger partial charge on any atom is 0.291 e. The predicted octanol–water partition coefficient (Wildman–Crippen LogP) is 3.73. The van der Waals surface area contributed by atoms with Crippen LogP contribution >= 0.6 is 11.3 Å². The smallest absolute Gasteiger partial charge is 0.291 e. The summed E-state index contributed by atoms with van der Waals surface area (Å²) in [5, 5.41) is 4.45. The van der Waals surface area contributed by atoms with Gasteiger partial charge in [-0.1, -0.05) is 68.5 Å². The van der Waals surface area contributed by atoms with E-state index in [0.29, 0.717) is 15.3 Å². The van der Waals surface area contributed by atoms with Gasteiger partial charge in [-0.2, -0.15) is 9.50 Å². The van der Waals surface area contributed by atoms with Crippen molar-refractivity contribution in [3.63, 3.8) is 0 Å². The molecule has 148 valence electrons. The number of hydrogen-bond acceptors (Lipinski definition) is 5. The Bertz CT molecular complexity index is 1260. The maximum absolute atomic E-state index is 12.8. The summed E-state index contributed by atoms with van der Waals surface area (Å²) in [5.41, 5.74) is 4.23. The third-order valence-electron chi connectivity index (χ3n) is 4.90. The maximum atomic E-state index is 12.8. The molecule has 0 atom stereocenters. The lowest BCUT2D eigenvalue weighted by molar-refractivity contribution is 0.590. The average Bonchev–Trinajstić information content (AvgIpc) is 3.21. The minimum absolute atomic E-state index is 0.0954. The molecule has 0 radical (unpaired) electrons. The molecule has 0 amide bonds. The molecule has 29 heavy (non-hydrogen) atoms. The van der Waals surface area contributed by atoms with Crippen LogP contribution in [-0.2, 0) is 5.41 Å². The summed E-state index contributed by atoms with van der Waals surface area (Å²) in [6, 6.07) is 16.3. The lowest BCUT2D eigenvalue weighted by Gasteiger charge is -2.18. The highest BCUT2D eigenvalue weighted by Crippen LogP contribution is 2.25. The first-order valence-electron chi connectivity index (χ1n) is 9.52. The second kappa shape index (κ2) is 7.12. The molecular formula is C23H24N4OS. The number of thiazole rings is 1. The van der Waals surface area contributed by atoms with Crippen molar-refractivity contribution in [2.45, 2.75) is 26.2 Å². The molecule has 0 saturated heterocycles. The minimum Gasteiger partial charge on any atom is -0.378 e. The summed E-state index contributed by atoms with van der Waals surface area (Å²) in [4.78, 5) is 20.0. The molecule has 0 spiro atoms. The summed E-state index contributed by atoms with van der Waals surface area (Å²) >= 11 is 1.36. The third-order valence-corrected chi connectivity index (χ3v) is 5.86. The van der Waals surface area contributed by atoms with Gasteiger partial charge in [0, 0.05) is 25.3 Å². The first-order valence-corrected chi connectivity index (χ1v) is 10.3. The SMILES string of the molecule is CN(C)c1ccc(/C=c2\sc3nc(-c4ccc(C(C)(C)C)cc4)nn3c2=O)cc1. The first-order chi connectivity index (χ1) is 13.7. The number of hydrogen-bond donors (Lipinski definition) is 0. The number of aromatic nitrogens is 3. The minimum atomic E-state index is -0.133. The molecule has 0 unspecified atom stereocenters. The van der Waals surface area contributed by atoms with Crippen LogP contribution in [0.3, 0.4) is 0 Å². The van der Waals surface area contributed by atoms with Gasteiger partial charge in [0.2, 0.25) is 4.96 Å². The van der Waals surface area contributed by atoms with Crippen molar-refractivity contribution >= 4 is 28.1 Å². The number of anilines is 1. The van der Waals surface area contributed by atoms with Gasteiger partial charge < -0.3 is 4.90 Å². The zero-order chi connectivity index (χ0) is 20.8. The largest absolute Gasteiger partial charge is 0.378 e. The number of rotatable bonds is 3. The van der Waals surface area contributed by atoms with Crippen LogP contribution in [0.4, 0.5) is 5.69 Å². The van der Waals surface area contributed by atoms with Crippen LogP contribution in [0.5, 0.6) is 0 Å². The summed E-state index contributed by atoms with van der Waals surface area (Å²) < 4.78 is 2.03. The zero-order valence-corrected chi connectivity index (χ0v) is 18.1. The van der Waals surface area contributed by atoms with E-state index >= 15 is 0 Å². The summed E-state index contributed by atoms with van der Waals surface area (Å²) in [5.74, 6) is 0.579. The predicted molar refractivity (Wildman–Crippen MR) is 121 cm³/mol. The van der Waals surface area contributed by atoms with E-state index in [1.54, 1.807) is 0 Å². The van der Waals surface area contributed by atoms with Gasteiger partial charge in [-0.05, 0) is 34.8 Å². The summed E-state index contributed by atoms with van der Waals surface area (Å²) in [6.07, 6.45) is 1.89. The van der Waals surface area contributed by atoms with E-state index in [1.165, 1.54) is 21.4 Å². The van der Waals surface area contributed by atoms with Crippen LogP contribution in [0, 0.1) is 0 Å². The Morgan fingerprint density at radius 2 is 1.66 bits per heavy atom. The van der Waals surface area contributed by atoms with E-state index in [0.717, 1.165) is 16.8 Å². The van der Waals surface area contributed by atoms with Crippen molar-refractivity contribution < 1.29 is 0 Å². The quantitative estimate of drug-likeness (QED) is 0.522. The van der Waals surface area contributed by atoms with E-state index in [-0.39, 0.29) is 11.0 Å². The molecule has 0 aliphatic heterocycles. The molecule has 0 aliphatic carbocycles. The van der Waals surface area contributed by atoms with Crippen molar-refractivity contribution in [1.82, 2.24) is 14.6 Å². The monoisotopic (exact) mass is 404 g/mol. The van der Waals surface area contributed by atoms with Crippen molar-refractivity contribution in [3.05, 3.63) is 74.5 Å². The van der Waals surface area contributed by atoms with E-state index in [2.05, 4.69) is 43.0 Å². The second-order valence-electron chi connectivity index (χ2n) is 8.36. The van der Waals surface area contributed by atoms with Gasteiger partial charge in [0.05, 0.1) is 4.53 Å². The fourth-order valence-corrected chi connectivity index (χ4v) is 4.00. The molecule has 6 heteroatoms. The van der Waals surface area contributed by atoms with Gasteiger partial charge >= 0.3 is 0 Å². The fourth-order valence-electron chi connectivity index (χ4n) is 3.10. The van der Waals surface area contributed by atoms with Gasteiger partial charge in [0.1, 0.15) is 0 Å². The van der Waals surface area contributed by atoms with Crippen molar-refractivity contribution in [1.29, 1.82) is 0 Å². The Labute approximate surface area is 173 Å². The van der Waals surface area contributed by atoms with Crippen molar-refractivity contribution in [3.8, 4) is 11.4 Å². The van der Waals surface area contributed by atoms with E-state index in [4.69, 9.17) is 0 Å². The lowest BCUT2D eigenvalue weighted by atomic mass is 9.87. The Morgan fingerprint density at radius 3 is 2.21 bits per heavy atom. The normalized spacial score (nSPS) is 12.7. The topological polar surface area (TPSA) is 50.5 Å². The third kappa shape index (κ3) is 3.80. The first kappa shape index (κ1) is 19.3. The average molecular weight is 405 g/mol. The number of benzene rings is 2. The molecule has 2 aromatic heterocycles. The van der Waals surface area contributed by atoms with Gasteiger partial charge in [0.25, 0.3) is 5.56 Å². The molecule has 0 bridgehead atoms. The van der Waals surface area contributed by atoms with E-state index in [9.17, 15) is 4.79 Å². The molecule has 4 aromatic rings. The standard InChI is InChI=1S/C23H24N4OS/c1-23(2,3)17-10-8-16(9-11-17)20-24-22-27(25-20)21(28)19(29-22)14-15-6-12-18(13-7-15)26(4)5/h6-14H,1-5H3/b19-14-. The van der Waals surface area contributed by atoms with Gasteiger partial charge in [-0.15, -0.1) is 5.10 Å². The van der Waals surface area contributed by atoms with Crippen molar-refractivity contribution in [2.75, 3.05) is 19.0 Å². The molecule has 2 heterocycles. The Balaban J connectivity index is 1.68. The summed E-state index contributed by atoms with van der Waals surface area (Å²) in [7, 11) is 4.01. The second-order valence-corrected chi connectivity index (χ2v) is 9.37. The summed E-state index contributed by atoms with van der Waals surface area (Å²) in [6.45, 7) is 6.55. The molecule has 5 nitrogen and oxygen atoms in total. The Hall–Kier alpha value is -2.99.